The molecule has 0 amide bonds. The first-order chi connectivity index (χ1) is 10.2. The molecule has 0 bridgehead atoms. The van der Waals surface area contributed by atoms with Crippen molar-refractivity contribution >= 4 is 10.0 Å². The number of hydrogen-bond donors (Lipinski definition) is 0. The minimum atomic E-state index is -4.61. The lowest BCUT2D eigenvalue weighted by molar-refractivity contribution is -0.141. The summed E-state index contributed by atoms with van der Waals surface area (Å²) >= 11 is 0. The van der Waals surface area contributed by atoms with Gasteiger partial charge < -0.3 is 4.42 Å². The van der Waals surface area contributed by atoms with Gasteiger partial charge in [-0.05, 0) is 18.2 Å². The van der Waals surface area contributed by atoms with Gasteiger partial charge in [0.1, 0.15) is 10.6 Å². The van der Waals surface area contributed by atoms with E-state index >= 15 is 0 Å². The summed E-state index contributed by atoms with van der Waals surface area (Å²) < 4.78 is 68.2. The molecular formula is C13H13F3N2O3S. The normalized spacial score (nSPS) is 12.8. The molecule has 5 nitrogen and oxygen atoms in total. The molecule has 0 N–H and O–H groups in total. The maximum absolute atomic E-state index is 12.5. The highest BCUT2D eigenvalue weighted by atomic mass is 32.2. The molecule has 0 aliphatic carbocycles. The summed E-state index contributed by atoms with van der Waals surface area (Å²) in [6, 6.07) is 3.17. The highest BCUT2D eigenvalue weighted by molar-refractivity contribution is 7.89. The Kier molecular flexibility index (Phi) is 4.57. The molecule has 2 heterocycles. The van der Waals surface area contributed by atoms with Crippen LogP contribution in [0, 0.1) is 0 Å². The van der Waals surface area contributed by atoms with Crippen molar-refractivity contribution in [2.45, 2.75) is 24.5 Å². The molecule has 0 atom stereocenters. The van der Waals surface area contributed by atoms with Crippen LogP contribution in [0.5, 0.6) is 0 Å². The van der Waals surface area contributed by atoms with E-state index in [2.05, 4.69) is 4.98 Å². The third-order valence-corrected chi connectivity index (χ3v) is 4.86. The molecule has 0 aliphatic rings. The molecule has 0 unspecified atom stereocenters. The van der Waals surface area contributed by atoms with Crippen LogP contribution in [0.15, 0.2) is 46.2 Å². The number of aromatic nitrogens is 1. The van der Waals surface area contributed by atoms with Crippen molar-refractivity contribution in [3.05, 3.63) is 48.2 Å². The van der Waals surface area contributed by atoms with Crippen molar-refractivity contribution in [2.75, 3.05) is 6.54 Å². The molecule has 0 radical (unpaired) electrons. The van der Waals surface area contributed by atoms with Crippen molar-refractivity contribution in [2.24, 2.45) is 0 Å². The van der Waals surface area contributed by atoms with Crippen LogP contribution < -0.4 is 0 Å². The van der Waals surface area contributed by atoms with Crippen molar-refractivity contribution in [3.63, 3.8) is 0 Å². The third kappa shape index (κ3) is 3.47. The van der Waals surface area contributed by atoms with Gasteiger partial charge >= 0.3 is 6.18 Å². The predicted octanol–water partition coefficient (Wildman–Crippen LogP) is 2.90. The van der Waals surface area contributed by atoms with Crippen LogP contribution >= 0.6 is 0 Å². The van der Waals surface area contributed by atoms with E-state index in [1.165, 1.54) is 12.5 Å². The van der Waals surface area contributed by atoms with E-state index in [9.17, 15) is 21.6 Å². The Balaban J connectivity index is 2.28. The molecule has 0 fully saturated rings. The van der Waals surface area contributed by atoms with Crippen molar-refractivity contribution in [1.29, 1.82) is 0 Å². The summed E-state index contributed by atoms with van der Waals surface area (Å²) in [6.45, 7) is 1.86. The highest BCUT2D eigenvalue weighted by Crippen LogP contribution is 2.28. The second-order valence-electron chi connectivity index (χ2n) is 4.44. The second kappa shape index (κ2) is 6.09. The molecule has 0 spiro atoms. The lowest BCUT2D eigenvalue weighted by Crippen LogP contribution is -2.30. The molecule has 2 aromatic heterocycles. The molecular weight excluding hydrogens is 321 g/mol. The number of pyridine rings is 1. The van der Waals surface area contributed by atoms with E-state index < -0.39 is 21.9 Å². The number of halogens is 3. The third-order valence-electron chi connectivity index (χ3n) is 2.96. The average molecular weight is 334 g/mol. The van der Waals surface area contributed by atoms with Gasteiger partial charge in [-0.1, -0.05) is 6.92 Å². The van der Waals surface area contributed by atoms with E-state index in [1.807, 2.05) is 0 Å². The molecule has 0 saturated heterocycles. The van der Waals surface area contributed by atoms with Crippen LogP contribution in [0.25, 0.3) is 0 Å². The molecule has 22 heavy (non-hydrogen) atoms. The van der Waals surface area contributed by atoms with E-state index in [0.29, 0.717) is 11.6 Å². The van der Waals surface area contributed by atoms with Gasteiger partial charge in [-0.15, -0.1) is 0 Å². The van der Waals surface area contributed by atoms with Crippen LogP contribution in [0.2, 0.25) is 0 Å². The number of rotatable bonds is 5. The van der Waals surface area contributed by atoms with Gasteiger partial charge in [0.25, 0.3) is 0 Å². The zero-order valence-corrected chi connectivity index (χ0v) is 12.4. The van der Waals surface area contributed by atoms with Gasteiger partial charge in [-0.25, -0.2) is 8.42 Å². The summed E-state index contributed by atoms with van der Waals surface area (Å²) in [4.78, 5) is 2.89. The SMILES string of the molecule is CCN(Cc1ccoc1)S(=O)(=O)c1ccc(C(F)(F)F)nc1. The monoisotopic (exact) mass is 334 g/mol. The fourth-order valence-electron chi connectivity index (χ4n) is 1.80. The van der Waals surface area contributed by atoms with Crippen molar-refractivity contribution < 1.29 is 26.0 Å². The Morgan fingerprint density at radius 1 is 1.27 bits per heavy atom. The lowest BCUT2D eigenvalue weighted by atomic mass is 10.3. The van der Waals surface area contributed by atoms with Gasteiger partial charge in [-0.3, -0.25) is 4.98 Å². The Morgan fingerprint density at radius 3 is 2.45 bits per heavy atom. The van der Waals surface area contributed by atoms with E-state index in [1.54, 1.807) is 13.0 Å². The van der Waals surface area contributed by atoms with E-state index in [-0.39, 0.29) is 18.0 Å². The van der Waals surface area contributed by atoms with E-state index in [4.69, 9.17) is 4.42 Å². The number of nitrogens with zero attached hydrogens (tertiary/aromatic N) is 2. The summed E-state index contributed by atoms with van der Waals surface area (Å²) in [5.74, 6) is 0. The largest absolute Gasteiger partial charge is 0.472 e. The summed E-state index contributed by atoms with van der Waals surface area (Å²) in [6.07, 6.45) is -1.07. The van der Waals surface area contributed by atoms with Crippen LogP contribution in [0.1, 0.15) is 18.2 Å². The van der Waals surface area contributed by atoms with Gasteiger partial charge in [0, 0.05) is 24.8 Å². The standard InChI is InChI=1S/C13H13F3N2O3S/c1-2-18(8-10-5-6-21-9-10)22(19,20)11-3-4-12(17-7-11)13(14,15)16/h3-7,9H,2,8H2,1H3. The Bertz CT molecular complexity index is 710. The van der Waals surface area contributed by atoms with Gasteiger partial charge in [0.15, 0.2) is 0 Å². The first kappa shape index (κ1) is 16.5. The number of furan rings is 1. The maximum atomic E-state index is 12.5. The quantitative estimate of drug-likeness (QED) is 0.843. The minimum Gasteiger partial charge on any atom is -0.472 e. The smallest absolute Gasteiger partial charge is 0.433 e. The fraction of sp³-hybridized carbons (Fsp3) is 0.308. The zero-order chi connectivity index (χ0) is 16.4. The topological polar surface area (TPSA) is 63.4 Å². The number of alkyl halides is 3. The average Bonchev–Trinajstić information content (AvgIpc) is 2.96. The predicted molar refractivity (Wildman–Crippen MR) is 71.2 cm³/mol. The summed E-state index contributed by atoms with van der Waals surface area (Å²) in [7, 11) is -3.93. The lowest BCUT2D eigenvalue weighted by Gasteiger charge is -2.19. The Morgan fingerprint density at radius 2 is 2.00 bits per heavy atom. The van der Waals surface area contributed by atoms with Crippen LogP contribution in [-0.2, 0) is 22.7 Å². The molecule has 0 saturated carbocycles. The number of hydrogen-bond acceptors (Lipinski definition) is 4. The molecule has 0 aliphatic heterocycles. The Hall–Kier alpha value is -1.87. The van der Waals surface area contributed by atoms with Crippen molar-refractivity contribution in [1.82, 2.24) is 9.29 Å². The first-order valence-corrected chi connectivity index (χ1v) is 7.73. The second-order valence-corrected chi connectivity index (χ2v) is 6.38. The van der Waals surface area contributed by atoms with Crippen molar-refractivity contribution in [3.8, 4) is 0 Å². The maximum Gasteiger partial charge on any atom is 0.433 e. The zero-order valence-electron chi connectivity index (χ0n) is 11.5. The molecule has 120 valence electrons. The van der Waals surface area contributed by atoms with E-state index in [0.717, 1.165) is 16.6 Å². The summed E-state index contributed by atoms with van der Waals surface area (Å²) in [5, 5.41) is 0. The Labute approximate surface area is 125 Å². The summed E-state index contributed by atoms with van der Waals surface area (Å²) in [5.41, 5.74) is -0.491. The number of sulfonamides is 1. The first-order valence-electron chi connectivity index (χ1n) is 6.29. The fourth-order valence-corrected chi connectivity index (χ4v) is 3.19. The van der Waals surface area contributed by atoms with Gasteiger partial charge in [0.2, 0.25) is 10.0 Å². The van der Waals surface area contributed by atoms with Crippen LogP contribution in [0.4, 0.5) is 13.2 Å². The molecule has 2 rings (SSSR count). The van der Waals surface area contributed by atoms with Gasteiger partial charge in [-0.2, -0.15) is 17.5 Å². The molecule has 0 aromatic carbocycles. The molecule has 9 heteroatoms. The highest BCUT2D eigenvalue weighted by Gasteiger charge is 2.33. The van der Waals surface area contributed by atoms with Gasteiger partial charge in [0.05, 0.1) is 12.5 Å². The molecule has 2 aromatic rings. The minimum absolute atomic E-state index is 0.0658. The van der Waals surface area contributed by atoms with Crippen LogP contribution in [0.3, 0.4) is 0 Å². The van der Waals surface area contributed by atoms with Crippen LogP contribution in [-0.4, -0.2) is 24.3 Å².